The zero-order valence-corrected chi connectivity index (χ0v) is 21.9. The summed E-state index contributed by atoms with van der Waals surface area (Å²) in [5.74, 6) is -0.972. The molecule has 2 unspecified atom stereocenters. The Morgan fingerprint density at radius 1 is 1.24 bits per heavy atom. The van der Waals surface area contributed by atoms with E-state index in [1.807, 2.05) is 12.3 Å². The summed E-state index contributed by atoms with van der Waals surface area (Å²) in [7, 11) is 0. The maximum absolute atomic E-state index is 10.6. The second-order valence-electron chi connectivity index (χ2n) is 8.75. The largest absolute Gasteiger partial charge is 0.490 e. The standard InChI is InChI=1S/C21H20BrN7S.C2HF3O2/c1-2-11-5-14-17(18(11)22)20(29-9-12-7-25-16(12)10-29)28-21(27-14)30-13-6-15-19(26-8-13)24-4-3-23-15;3-2(4,5)1(6)7/h3-4,6,8,12,16,25H,2,5,7,9-10H2,1H3;(H,6,7). The average molecular weight is 596 g/mol. The molecule has 0 amide bonds. The lowest BCUT2D eigenvalue weighted by Gasteiger charge is -2.29. The summed E-state index contributed by atoms with van der Waals surface area (Å²) in [6.45, 7) is 5.37. The smallest absolute Gasteiger partial charge is 0.475 e. The predicted octanol–water partition coefficient (Wildman–Crippen LogP) is 4.08. The molecule has 2 atom stereocenters. The lowest BCUT2D eigenvalue weighted by molar-refractivity contribution is -0.192. The van der Waals surface area contributed by atoms with Crippen molar-refractivity contribution in [2.45, 2.75) is 42.0 Å². The van der Waals surface area contributed by atoms with E-state index in [4.69, 9.17) is 19.9 Å². The van der Waals surface area contributed by atoms with Crippen LogP contribution in [-0.2, 0) is 11.2 Å². The predicted molar refractivity (Wildman–Crippen MR) is 135 cm³/mol. The van der Waals surface area contributed by atoms with Crippen LogP contribution in [0.15, 0.2) is 40.3 Å². The summed E-state index contributed by atoms with van der Waals surface area (Å²) in [6, 6.07) is 2.59. The molecule has 37 heavy (non-hydrogen) atoms. The fourth-order valence-corrected chi connectivity index (χ4v) is 6.06. The number of carboxylic acids is 1. The maximum Gasteiger partial charge on any atom is 0.490 e. The van der Waals surface area contributed by atoms with E-state index >= 15 is 0 Å². The molecule has 0 saturated carbocycles. The number of hydrogen-bond acceptors (Lipinski definition) is 9. The van der Waals surface area contributed by atoms with E-state index < -0.39 is 12.1 Å². The number of hydrogen-bond donors (Lipinski definition) is 2. The van der Waals surface area contributed by atoms with E-state index in [1.54, 1.807) is 24.2 Å². The van der Waals surface area contributed by atoms with Crippen molar-refractivity contribution in [3.05, 3.63) is 41.5 Å². The van der Waals surface area contributed by atoms with Gasteiger partial charge < -0.3 is 15.3 Å². The molecule has 2 saturated heterocycles. The molecule has 5 heterocycles. The van der Waals surface area contributed by atoms with Crippen molar-refractivity contribution in [3.63, 3.8) is 0 Å². The molecule has 0 spiro atoms. The Labute approximate surface area is 222 Å². The first kappa shape index (κ1) is 25.8. The van der Waals surface area contributed by atoms with Crippen LogP contribution in [0.4, 0.5) is 19.0 Å². The minimum atomic E-state index is -5.08. The van der Waals surface area contributed by atoms with Crippen molar-refractivity contribution in [3.8, 4) is 0 Å². The van der Waals surface area contributed by atoms with Crippen LogP contribution < -0.4 is 10.2 Å². The van der Waals surface area contributed by atoms with Crippen molar-refractivity contribution in [1.82, 2.24) is 30.2 Å². The monoisotopic (exact) mass is 595 g/mol. The zero-order valence-electron chi connectivity index (χ0n) is 19.5. The number of anilines is 1. The Bertz CT molecular complexity index is 1390. The molecule has 2 N–H and O–H groups in total. The third-order valence-electron chi connectivity index (χ3n) is 6.42. The minimum Gasteiger partial charge on any atom is -0.475 e. The third kappa shape index (κ3) is 5.27. The van der Waals surface area contributed by atoms with Crippen LogP contribution in [-0.4, -0.2) is 67.8 Å². The highest BCUT2D eigenvalue weighted by Crippen LogP contribution is 2.44. The van der Waals surface area contributed by atoms with Crippen LogP contribution in [0.5, 0.6) is 0 Å². The summed E-state index contributed by atoms with van der Waals surface area (Å²) >= 11 is 5.39. The highest BCUT2D eigenvalue weighted by atomic mass is 79.9. The molecule has 194 valence electrons. The number of nitrogens with one attached hydrogen (secondary N) is 1. The van der Waals surface area contributed by atoms with Crippen LogP contribution in [0.25, 0.3) is 15.6 Å². The molecular weight excluding hydrogens is 575 g/mol. The van der Waals surface area contributed by atoms with Gasteiger partial charge in [0.05, 0.1) is 11.3 Å². The fraction of sp³-hybridized carbons (Fsp3) is 0.391. The van der Waals surface area contributed by atoms with Gasteiger partial charge in [0, 0.05) is 66.0 Å². The van der Waals surface area contributed by atoms with Crippen LogP contribution in [0, 0.1) is 5.92 Å². The third-order valence-corrected chi connectivity index (χ3v) is 8.20. The fourth-order valence-electron chi connectivity index (χ4n) is 4.46. The van der Waals surface area contributed by atoms with Crippen LogP contribution >= 0.6 is 27.7 Å². The lowest BCUT2D eigenvalue weighted by Crippen LogP contribution is -2.51. The minimum absolute atomic E-state index is 0.588. The molecule has 1 aliphatic carbocycles. The SMILES string of the molecule is CCC1=C(Br)c2c(nc(Sc3cnc4nccnc4c3)nc2N2CC3CNC3C2)C1.O=C(O)C(F)(F)F. The van der Waals surface area contributed by atoms with Gasteiger partial charge in [0.2, 0.25) is 0 Å². The number of carboxylic acid groups (broad SMARTS) is 1. The number of aliphatic carboxylic acids is 1. The van der Waals surface area contributed by atoms with Gasteiger partial charge in [-0.25, -0.2) is 24.7 Å². The van der Waals surface area contributed by atoms with Gasteiger partial charge in [-0.1, -0.05) is 22.9 Å². The number of allylic oxidation sites excluding steroid dienone is 1. The van der Waals surface area contributed by atoms with Gasteiger partial charge in [-0.15, -0.1) is 0 Å². The van der Waals surface area contributed by atoms with Gasteiger partial charge in [0.25, 0.3) is 0 Å². The Morgan fingerprint density at radius 3 is 2.62 bits per heavy atom. The van der Waals surface area contributed by atoms with Gasteiger partial charge in [0.15, 0.2) is 10.8 Å². The van der Waals surface area contributed by atoms with Crippen LogP contribution in [0.3, 0.4) is 0 Å². The van der Waals surface area contributed by atoms with Crippen molar-refractivity contribution < 1.29 is 23.1 Å². The van der Waals surface area contributed by atoms with E-state index in [1.165, 1.54) is 15.6 Å². The Hall–Kier alpha value is -2.84. The first-order valence-corrected chi connectivity index (χ1v) is 13.1. The number of fused-ring (bicyclic) bond motifs is 3. The lowest BCUT2D eigenvalue weighted by atomic mass is 9.96. The molecule has 3 aromatic rings. The molecule has 2 fully saturated rings. The van der Waals surface area contributed by atoms with E-state index in [0.29, 0.717) is 11.7 Å². The number of aromatic nitrogens is 5. The second kappa shape index (κ2) is 10.1. The van der Waals surface area contributed by atoms with Crippen LogP contribution in [0.1, 0.15) is 24.6 Å². The summed E-state index contributed by atoms with van der Waals surface area (Å²) < 4.78 is 32.9. The molecule has 9 nitrogen and oxygen atoms in total. The normalized spacial score (nSPS) is 20.3. The van der Waals surface area contributed by atoms with E-state index in [2.05, 4.69) is 48.0 Å². The van der Waals surface area contributed by atoms with Gasteiger partial charge in [-0.2, -0.15) is 13.2 Å². The number of halogens is 4. The van der Waals surface area contributed by atoms with E-state index in [0.717, 1.165) is 65.5 Å². The quantitative estimate of drug-likeness (QED) is 0.427. The maximum atomic E-state index is 10.6. The molecule has 14 heteroatoms. The molecule has 0 aromatic carbocycles. The summed E-state index contributed by atoms with van der Waals surface area (Å²) in [6.07, 6.45) is 1.98. The molecule has 6 rings (SSSR count). The molecule has 3 aliphatic rings. The van der Waals surface area contributed by atoms with Crippen LogP contribution in [0.2, 0.25) is 0 Å². The van der Waals surface area contributed by atoms with Gasteiger partial charge in [-0.05, 0) is 29.8 Å². The molecular formula is C23H21BrF3N7O2S. The van der Waals surface area contributed by atoms with Gasteiger partial charge in [-0.3, -0.25) is 4.98 Å². The van der Waals surface area contributed by atoms with Crippen molar-refractivity contribution in [2.24, 2.45) is 5.92 Å². The average Bonchev–Trinajstić information content (AvgIpc) is 3.33. The second-order valence-corrected chi connectivity index (χ2v) is 10.6. The highest BCUT2D eigenvalue weighted by Gasteiger charge is 2.41. The summed E-state index contributed by atoms with van der Waals surface area (Å²) in [5, 5.41) is 11.4. The number of carbonyl (C=O) groups is 1. The number of alkyl halides is 3. The van der Waals surface area contributed by atoms with Gasteiger partial charge >= 0.3 is 12.1 Å². The van der Waals surface area contributed by atoms with Gasteiger partial charge in [0.1, 0.15) is 11.3 Å². The number of nitrogens with zero attached hydrogens (tertiary/aromatic N) is 6. The number of rotatable bonds is 4. The molecule has 0 bridgehead atoms. The van der Waals surface area contributed by atoms with Crippen molar-refractivity contribution >= 4 is 55.1 Å². The summed E-state index contributed by atoms with van der Waals surface area (Å²) in [5.41, 5.74) is 5.12. The topological polar surface area (TPSA) is 117 Å². The molecule has 2 aliphatic heterocycles. The summed E-state index contributed by atoms with van der Waals surface area (Å²) in [4.78, 5) is 35.3. The van der Waals surface area contributed by atoms with E-state index in [9.17, 15) is 13.2 Å². The highest BCUT2D eigenvalue weighted by molar-refractivity contribution is 9.15. The molecule has 3 aromatic heterocycles. The van der Waals surface area contributed by atoms with E-state index in [-0.39, 0.29) is 0 Å². The first-order chi connectivity index (χ1) is 17.6. The first-order valence-electron chi connectivity index (χ1n) is 11.5. The Balaban J connectivity index is 0.000000355. The Kier molecular flexibility index (Phi) is 7.07. The van der Waals surface area contributed by atoms with Crippen molar-refractivity contribution in [2.75, 3.05) is 24.5 Å². The Morgan fingerprint density at radius 2 is 2.00 bits per heavy atom. The number of pyridine rings is 1. The molecule has 0 radical (unpaired) electrons. The zero-order chi connectivity index (χ0) is 26.3. The van der Waals surface area contributed by atoms with Crippen molar-refractivity contribution in [1.29, 1.82) is 0 Å².